The number of amidine groups is 1. The molecule has 0 amide bonds. The van der Waals surface area contributed by atoms with E-state index in [2.05, 4.69) is 20.2 Å². The summed E-state index contributed by atoms with van der Waals surface area (Å²) in [5, 5.41) is 3.10. The van der Waals surface area contributed by atoms with E-state index in [-0.39, 0.29) is 17.8 Å². The molecule has 1 atom stereocenters. The smallest absolute Gasteiger partial charge is 0.199 e. The maximum atomic E-state index is 13.3. The molecule has 0 bridgehead atoms. The van der Waals surface area contributed by atoms with Crippen LogP contribution in [-0.2, 0) is 0 Å². The third-order valence-corrected chi connectivity index (χ3v) is 5.15. The number of halogens is 1. The number of ether oxygens (including phenoxy) is 1. The van der Waals surface area contributed by atoms with Crippen molar-refractivity contribution in [3.63, 3.8) is 0 Å². The SMILES string of the molecule is COc1cc(NC(N)=NC2=NC(c3ccc(F)cc3)CN(C)C2)ccc1-n1cnc(C)c1. The number of aromatic nitrogens is 2. The number of hydrogen-bond donors (Lipinski definition) is 2. The van der Waals surface area contributed by atoms with Gasteiger partial charge in [0.2, 0.25) is 0 Å². The van der Waals surface area contributed by atoms with Crippen molar-refractivity contribution in [1.29, 1.82) is 0 Å². The lowest BCUT2D eigenvalue weighted by molar-refractivity contribution is 0.335. The number of imidazole rings is 1. The van der Waals surface area contributed by atoms with Gasteiger partial charge in [0.05, 0.1) is 37.4 Å². The van der Waals surface area contributed by atoms with Crippen LogP contribution in [0.1, 0.15) is 17.3 Å². The van der Waals surface area contributed by atoms with E-state index in [1.165, 1.54) is 12.1 Å². The fourth-order valence-electron chi connectivity index (χ4n) is 3.63. The topological polar surface area (TPSA) is 93.1 Å². The molecule has 4 rings (SSSR count). The Morgan fingerprint density at radius 3 is 2.72 bits per heavy atom. The van der Waals surface area contributed by atoms with E-state index in [1.54, 1.807) is 25.6 Å². The Morgan fingerprint density at radius 1 is 1.25 bits per heavy atom. The Morgan fingerprint density at radius 2 is 2.03 bits per heavy atom. The summed E-state index contributed by atoms with van der Waals surface area (Å²) >= 11 is 0. The molecule has 1 aromatic heterocycles. The lowest BCUT2D eigenvalue weighted by Crippen LogP contribution is -2.36. The van der Waals surface area contributed by atoms with Crippen LogP contribution in [0.5, 0.6) is 5.75 Å². The minimum Gasteiger partial charge on any atom is -0.494 e. The number of rotatable bonds is 4. The molecule has 0 radical (unpaired) electrons. The molecule has 1 unspecified atom stereocenters. The van der Waals surface area contributed by atoms with Gasteiger partial charge in [-0.1, -0.05) is 12.1 Å². The molecule has 166 valence electrons. The summed E-state index contributed by atoms with van der Waals surface area (Å²) in [6.45, 7) is 3.23. The molecule has 1 aliphatic rings. The van der Waals surface area contributed by atoms with Crippen LogP contribution in [-0.4, -0.2) is 53.5 Å². The van der Waals surface area contributed by atoms with Gasteiger partial charge in [-0.25, -0.2) is 9.37 Å². The van der Waals surface area contributed by atoms with Gasteiger partial charge in [0.1, 0.15) is 17.4 Å². The van der Waals surface area contributed by atoms with Gasteiger partial charge in [0, 0.05) is 24.5 Å². The Bertz CT molecular complexity index is 1150. The van der Waals surface area contributed by atoms with Crippen molar-refractivity contribution >= 4 is 17.5 Å². The molecule has 9 heteroatoms. The Balaban J connectivity index is 1.53. The van der Waals surface area contributed by atoms with Crippen LogP contribution in [0.3, 0.4) is 0 Å². The number of anilines is 1. The average molecular weight is 436 g/mol. The van der Waals surface area contributed by atoms with Crippen molar-refractivity contribution in [2.75, 3.05) is 32.6 Å². The zero-order valence-corrected chi connectivity index (χ0v) is 18.3. The number of likely N-dealkylation sites (N-methyl/N-ethyl adjacent to an activating group) is 1. The van der Waals surface area contributed by atoms with E-state index in [4.69, 9.17) is 15.5 Å². The molecule has 0 spiro atoms. The van der Waals surface area contributed by atoms with E-state index < -0.39 is 0 Å². The van der Waals surface area contributed by atoms with Gasteiger partial charge in [-0.15, -0.1) is 0 Å². The summed E-state index contributed by atoms with van der Waals surface area (Å²) in [5.41, 5.74) is 9.63. The van der Waals surface area contributed by atoms with E-state index >= 15 is 0 Å². The van der Waals surface area contributed by atoms with Crippen molar-refractivity contribution in [2.45, 2.75) is 13.0 Å². The number of guanidine groups is 1. The summed E-state index contributed by atoms with van der Waals surface area (Å²) in [6, 6.07) is 11.9. The fraction of sp³-hybridized carbons (Fsp3) is 0.261. The lowest BCUT2D eigenvalue weighted by Gasteiger charge is -2.27. The van der Waals surface area contributed by atoms with Crippen LogP contribution in [0.2, 0.25) is 0 Å². The van der Waals surface area contributed by atoms with Crippen LogP contribution in [0, 0.1) is 12.7 Å². The minimum atomic E-state index is -0.266. The molecule has 32 heavy (non-hydrogen) atoms. The molecule has 2 heterocycles. The molecular formula is C23H26FN7O. The molecule has 0 fully saturated rings. The molecule has 1 aliphatic heterocycles. The molecule has 3 aromatic rings. The zero-order chi connectivity index (χ0) is 22.7. The van der Waals surface area contributed by atoms with E-state index in [9.17, 15) is 4.39 Å². The van der Waals surface area contributed by atoms with Crippen molar-refractivity contribution in [2.24, 2.45) is 15.7 Å². The third-order valence-electron chi connectivity index (χ3n) is 5.15. The number of nitrogens with two attached hydrogens (primary N) is 1. The van der Waals surface area contributed by atoms with Gasteiger partial charge in [-0.3, -0.25) is 9.89 Å². The van der Waals surface area contributed by atoms with Crippen molar-refractivity contribution < 1.29 is 9.13 Å². The number of aliphatic imine (C=N–C) groups is 2. The molecular weight excluding hydrogens is 409 g/mol. The van der Waals surface area contributed by atoms with Gasteiger partial charge in [-0.2, -0.15) is 4.99 Å². The van der Waals surface area contributed by atoms with E-state index in [0.29, 0.717) is 18.1 Å². The van der Waals surface area contributed by atoms with Crippen LogP contribution in [0.4, 0.5) is 10.1 Å². The first-order valence-electron chi connectivity index (χ1n) is 10.2. The van der Waals surface area contributed by atoms with Gasteiger partial charge < -0.3 is 20.4 Å². The molecule has 2 aromatic carbocycles. The Hall–Kier alpha value is -3.72. The molecule has 0 saturated carbocycles. The molecule has 3 N–H and O–H groups in total. The van der Waals surface area contributed by atoms with Crippen LogP contribution in [0.25, 0.3) is 5.69 Å². The molecule has 0 saturated heterocycles. The largest absolute Gasteiger partial charge is 0.494 e. The maximum Gasteiger partial charge on any atom is 0.199 e. The predicted octanol–water partition coefficient (Wildman–Crippen LogP) is 3.14. The highest BCUT2D eigenvalue weighted by atomic mass is 19.1. The molecule has 8 nitrogen and oxygen atoms in total. The number of nitrogens with one attached hydrogen (secondary N) is 1. The summed E-state index contributed by atoms with van der Waals surface area (Å²) in [6.07, 6.45) is 3.67. The van der Waals surface area contributed by atoms with Crippen molar-refractivity contribution in [3.8, 4) is 11.4 Å². The summed E-state index contributed by atoms with van der Waals surface area (Å²) in [5.74, 6) is 1.24. The van der Waals surface area contributed by atoms with Gasteiger partial charge in [0.25, 0.3) is 0 Å². The summed E-state index contributed by atoms with van der Waals surface area (Å²) in [7, 11) is 3.61. The predicted molar refractivity (Wildman–Crippen MR) is 124 cm³/mol. The second-order valence-electron chi connectivity index (χ2n) is 7.74. The lowest BCUT2D eigenvalue weighted by atomic mass is 10.1. The fourth-order valence-corrected chi connectivity index (χ4v) is 3.63. The number of methoxy groups -OCH3 is 1. The van der Waals surface area contributed by atoms with Crippen molar-refractivity contribution in [1.82, 2.24) is 14.5 Å². The molecule has 0 aliphatic carbocycles. The Labute approximate surface area is 186 Å². The third kappa shape index (κ3) is 4.94. The second-order valence-corrected chi connectivity index (χ2v) is 7.74. The monoisotopic (exact) mass is 435 g/mol. The van der Waals surface area contributed by atoms with Crippen LogP contribution >= 0.6 is 0 Å². The number of hydrogen-bond acceptors (Lipinski definition) is 5. The number of benzene rings is 2. The van der Waals surface area contributed by atoms with Gasteiger partial charge in [0.15, 0.2) is 5.96 Å². The van der Waals surface area contributed by atoms with Gasteiger partial charge in [-0.05, 0) is 43.8 Å². The number of nitrogens with zero attached hydrogens (tertiary/aromatic N) is 5. The first-order chi connectivity index (χ1) is 15.4. The first kappa shape index (κ1) is 21.5. The van der Waals surface area contributed by atoms with E-state index in [0.717, 1.165) is 29.2 Å². The normalized spacial score (nSPS) is 17.2. The summed E-state index contributed by atoms with van der Waals surface area (Å²) in [4.78, 5) is 15.6. The van der Waals surface area contributed by atoms with Crippen molar-refractivity contribution in [3.05, 3.63) is 72.1 Å². The minimum absolute atomic E-state index is 0.126. The van der Waals surface area contributed by atoms with Crippen LogP contribution in [0.15, 0.2) is 65.0 Å². The van der Waals surface area contributed by atoms with Crippen LogP contribution < -0.4 is 15.8 Å². The number of aryl methyl sites for hydroxylation is 1. The first-order valence-corrected chi connectivity index (χ1v) is 10.2. The Kier molecular flexibility index (Phi) is 6.18. The zero-order valence-electron chi connectivity index (χ0n) is 18.3. The highest BCUT2D eigenvalue weighted by molar-refractivity contribution is 6.02. The average Bonchev–Trinajstić information content (AvgIpc) is 3.19. The standard InChI is InChI=1S/C23H26FN7O/c1-15-11-31(14-26-15)20-9-8-18(10-21(20)32-3)27-23(25)29-22-13-30(2)12-19(28-22)16-4-6-17(24)7-5-16/h4-11,14,19H,12-13H2,1-3H3,(H3,25,27,28,29). The highest BCUT2D eigenvalue weighted by Gasteiger charge is 2.21. The quantitative estimate of drug-likeness (QED) is 0.485. The second kappa shape index (κ2) is 9.19. The summed E-state index contributed by atoms with van der Waals surface area (Å²) < 4.78 is 20.7. The maximum absolute atomic E-state index is 13.3. The van der Waals surface area contributed by atoms with Gasteiger partial charge >= 0.3 is 0 Å². The highest BCUT2D eigenvalue weighted by Crippen LogP contribution is 2.27. The van der Waals surface area contributed by atoms with E-state index in [1.807, 2.05) is 42.9 Å².